The van der Waals surface area contributed by atoms with Crippen molar-refractivity contribution in [2.45, 2.75) is 17.4 Å². The lowest BCUT2D eigenvalue weighted by Gasteiger charge is -2.16. The predicted octanol–water partition coefficient (Wildman–Crippen LogP) is 1.22. The van der Waals surface area contributed by atoms with Gasteiger partial charge in [0.15, 0.2) is 5.75 Å². The van der Waals surface area contributed by atoms with Crippen molar-refractivity contribution in [1.82, 2.24) is 4.72 Å². The van der Waals surface area contributed by atoms with E-state index in [1.165, 1.54) is 13.2 Å². The summed E-state index contributed by atoms with van der Waals surface area (Å²) in [7, 11) is -2.92. The number of methoxy groups -OCH3 is 1. The first-order chi connectivity index (χ1) is 9.72. The standard InChI is InChI=1S/C11H13BrClNO6S/c1-20-10-7(12)4-6(13)5-9(10)21(18,19)14-8(2-3-15)11(16)17/h4-5,8,14-15H,2-3H2,1H3,(H,16,17). The summed E-state index contributed by atoms with van der Waals surface area (Å²) in [4.78, 5) is 10.7. The SMILES string of the molecule is COc1c(Br)cc(Cl)cc1S(=O)(=O)NC(CCO)C(=O)O. The van der Waals surface area contributed by atoms with Crippen LogP contribution >= 0.6 is 27.5 Å². The Morgan fingerprint density at radius 2 is 2.14 bits per heavy atom. The molecule has 0 amide bonds. The lowest BCUT2D eigenvalue weighted by Crippen LogP contribution is -2.41. The highest BCUT2D eigenvalue weighted by atomic mass is 79.9. The summed E-state index contributed by atoms with van der Waals surface area (Å²) >= 11 is 8.93. The minimum atomic E-state index is -4.20. The average Bonchev–Trinajstić information content (AvgIpc) is 2.37. The summed E-state index contributed by atoms with van der Waals surface area (Å²) < 4.78 is 31.9. The molecular weight excluding hydrogens is 390 g/mol. The molecule has 0 radical (unpaired) electrons. The lowest BCUT2D eigenvalue weighted by molar-refractivity contribution is -0.139. The van der Waals surface area contributed by atoms with Crippen LogP contribution in [0.2, 0.25) is 5.02 Å². The van der Waals surface area contributed by atoms with Crippen LogP contribution in [0.3, 0.4) is 0 Å². The van der Waals surface area contributed by atoms with E-state index in [1.807, 2.05) is 4.72 Å². The minimum Gasteiger partial charge on any atom is -0.494 e. The Morgan fingerprint density at radius 3 is 2.62 bits per heavy atom. The van der Waals surface area contributed by atoms with Crippen LogP contribution in [0.4, 0.5) is 0 Å². The smallest absolute Gasteiger partial charge is 0.321 e. The number of carboxylic acid groups (broad SMARTS) is 1. The van der Waals surface area contributed by atoms with E-state index in [2.05, 4.69) is 15.9 Å². The molecule has 0 bridgehead atoms. The van der Waals surface area contributed by atoms with Crippen molar-refractivity contribution in [2.24, 2.45) is 0 Å². The largest absolute Gasteiger partial charge is 0.494 e. The summed E-state index contributed by atoms with van der Waals surface area (Å²) in [6, 6.07) is 1.13. The number of sulfonamides is 1. The molecule has 7 nitrogen and oxygen atoms in total. The number of nitrogens with one attached hydrogen (secondary N) is 1. The van der Waals surface area contributed by atoms with Crippen molar-refractivity contribution < 1.29 is 28.2 Å². The first-order valence-electron chi connectivity index (χ1n) is 5.62. The van der Waals surface area contributed by atoms with Gasteiger partial charge < -0.3 is 14.9 Å². The number of hydrogen-bond acceptors (Lipinski definition) is 5. The zero-order valence-corrected chi connectivity index (χ0v) is 14.0. The van der Waals surface area contributed by atoms with E-state index in [4.69, 9.17) is 26.6 Å². The Labute approximate surface area is 135 Å². The second-order valence-electron chi connectivity index (χ2n) is 3.94. The topological polar surface area (TPSA) is 113 Å². The van der Waals surface area contributed by atoms with Gasteiger partial charge in [0.05, 0.1) is 11.6 Å². The quantitative estimate of drug-likeness (QED) is 0.632. The molecule has 0 aliphatic rings. The van der Waals surface area contributed by atoms with Crippen molar-refractivity contribution >= 4 is 43.5 Å². The van der Waals surface area contributed by atoms with Gasteiger partial charge in [0.1, 0.15) is 10.9 Å². The summed E-state index contributed by atoms with van der Waals surface area (Å²) in [6.45, 7) is -0.476. The number of hydrogen-bond donors (Lipinski definition) is 3. The minimum absolute atomic E-state index is 0.0000345. The molecule has 0 fully saturated rings. The van der Waals surface area contributed by atoms with E-state index in [9.17, 15) is 13.2 Å². The Hall–Kier alpha value is -0.870. The fraction of sp³-hybridized carbons (Fsp3) is 0.364. The van der Waals surface area contributed by atoms with E-state index in [1.54, 1.807) is 0 Å². The van der Waals surface area contributed by atoms with Crippen LogP contribution in [0.15, 0.2) is 21.5 Å². The van der Waals surface area contributed by atoms with Crippen molar-refractivity contribution in [3.8, 4) is 5.75 Å². The first-order valence-corrected chi connectivity index (χ1v) is 8.27. The Kier molecular flexibility index (Phi) is 6.41. The first kappa shape index (κ1) is 18.2. The molecule has 1 rings (SSSR count). The number of carbonyl (C=O) groups is 1. The third-order valence-corrected chi connectivity index (χ3v) is 4.77. The fourth-order valence-corrected chi connectivity index (χ4v) is 4.15. The Balaban J connectivity index is 3.27. The van der Waals surface area contributed by atoms with Crippen LogP contribution in [-0.4, -0.2) is 44.4 Å². The number of carboxylic acids is 1. The summed E-state index contributed by atoms with van der Waals surface area (Å²) in [5, 5.41) is 17.9. The maximum absolute atomic E-state index is 12.3. The number of benzene rings is 1. The maximum atomic E-state index is 12.3. The molecule has 0 spiro atoms. The highest BCUT2D eigenvalue weighted by Crippen LogP contribution is 2.35. The molecule has 0 saturated heterocycles. The van der Waals surface area contributed by atoms with Gasteiger partial charge in [0.25, 0.3) is 0 Å². The molecule has 1 unspecified atom stereocenters. The van der Waals surface area contributed by atoms with Gasteiger partial charge in [0.2, 0.25) is 10.0 Å². The third kappa shape index (κ3) is 4.55. The molecular formula is C11H13BrClNO6S. The van der Waals surface area contributed by atoms with Crippen molar-refractivity contribution in [2.75, 3.05) is 13.7 Å². The molecule has 10 heteroatoms. The van der Waals surface area contributed by atoms with Crippen LogP contribution in [0, 0.1) is 0 Å². The molecule has 1 aromatic carbocycles. The Morgan fingerprint density at radius 1 is 1.52 bits per heavy atom. The number of halogens is 2. The normalized spacial score (nSPS) is 13.0. The Bertz CT molecular complexity index is 636. The number of ether oxygens (including phenoxy) is 1. The van der Waals surface area contributed by atoms with Gasteiger partial charge in [-0.05, 0) is 34.5 Å². The van der Waals surface area contributed by atoms with E-state index < -0.39 is 28.6 Å². The second kappa shape index (κ2) is 7.41. The predicted molar refractivity (Wildman–Crippen MR) is 79.2 cm³/mol. The summed E-state index contributed by atoms with van der Waals surface area (Å²) in [5.41, 5.74) is 0. The summed E-state index contributed by atoms with van der Waals surface area (Å²) in [6.07, 6.45) is -0.265. The molecule has 0 heterocycles. The van der Waals surface area contributed by atoms with Crippen molar-refractivity contribution in [3.63, 3.8) is 0 Å². The maximum Gasteiger partial charge on any atom is 0.321 e. The van der Waals surface area contributed by atoms with E-state index >= 15 is 0 Å². The number of aliphatic carboxylic acids is 1. The average molecular weight is 403 g/mol. The van der Waals surface area contributed by atoms with Crippen LogP contribution < -0.4 is 9.46 Å². The van der Waals surface area contributed by atoms with Gasteiger partial charge in [0, 0.05) is 11.6 Å². The molecule has 0 aliphatic heterocycles. The molecule has 118 valence electrons. The molecule has 0 aromatic heterocycles. The highest BCUT2D eigenvalue weighted by Gasteiger charge is 2.28. The fourth-order valence-electron chi connectivity index (χ4n) is 1.55. The number of aliphatic hydroxyl groups is 1. The molecule has 3 N–H and O–H groups in total. The molecule has 1 atom stereocenters. The van der Waals surface area contributed by atoms with Crippen LogP contribution in [0.5, 0.6) is 5.75 Å². The van der Waals surface area contributed by atoms with Gasteiger partial charge in [-0.15, -0.1) is 0 Å². The van der Waals surface area contributed by atoms with Gasteiger partial charge in [-0.25, -0.2) is 8.42 Å². The van der Waals surface area contributed by atoms with Gasteiger partial charge in [-0.3, -0.25) is 4.79 Å². The molecule has 21 heavy (non-hydrogen) atoms. The van der Waals surface area contributed by atoms with Gasteiger partial charge >= 0.3 is 5.97 Å². The van der Waals surface area contributed by atoms with Gasteiger partial charge in [-0.1, -0.05) is 11.6 Å². The van der Waals surface area contributed by atoms with Crippen molar-refractivity contribution in [3.05, 3.63) is 21.6 Å². The van der Waals surface area contributed by atoms with E-state index in [-0.39, 0.29) is 22.1 Å². The third-order valence-electron chi connectivity index (χ3n) is 2.48. The van der Waals surface area contributed by atoms with Crippen LogP contribution in [-0.2, 0) is 14.8 Å². The number of rotatable bonds is 7. The lowest BCUT2D eigenvalue weighted by atomic mass is 10.2. The van der Waals surface area contributed by atoms with Gasteiger partial charge in [-0.2, -0.15) is 4.72 Å². The van der Waals surface area contributed by atoms with Crippen LogP contribution in [0.25, 0.3) is 0 Å². The molecule has 1 aromatic rings. The van der Waals surface area contributed by atoms with E-state index in [0.29, 0.717) is 4.47 Å². The zero-order valence-electron chi connectivity index (χ0n) is 10.8. The highest BCUT2D eigenvalue weighted by molar-refractivity contribution is 9.10. The monoisotopic (exact) mass is 401 g/mol. The van der Waals surface area contributed by atoms with Crippen molar-refractivity contribution in [1.29, 1.82) is 0 Å². The van der Waals surface area contributed by atoms with Crippen LogP contribution in [0.1, 0.15) is 6.42 Å². The summed E-state index contributed by atoms with van der Waals surface area (Å²) in [5.74, 6) is -1.40. The zero-order chi connectivity index (χ0) is 16.2. The molecule has 0 aliphatic carbocycles. The second-order valence-corrected chi connectivity index (χ2v) is 6.92. The van der Waals surface area contributed by atoms with E-state index in [0.717, 1.165) is 6.07 Å². The number of aliphatic hydroxyl groups excluding tert-OH is 1. The molecule has 0 saturated carbocycles.